The van der Waals surface area contributed by atoms with Crippen molar-refractivity contribution in [2.24, 2.45) is 0 Å². The monoisotopic (exact) mass is 453 g/mol. The molecular formula is C20H19F4N5O3. The molecule has 1 unspecified atom stereocenters. The maximum Gasteiger partial charge on any atom is 0.416 e. The first kappa shape index (κ1) is 21.8. The van der Waals surface area contributed by atoms with Crippen molar-refractivity contribution in [1.29, 1.82) is 0 Å². The fraction of sp³-hybridized carbons (Fsp3) is 0.300. The smallest absolute Gasteiger partial charge is 0.416 e. The maximum absolute atomic E-state index is 14.2. The van der Waals surface area contributed by atoms with Crippen molar-refractivity contribution in [1.82, 2.24) is 14.8 Å². The number of hydrogen-bond donors (Lipinski definition) is 3. The number of aromatic nitrogens is 3. The van der Waals surface area contributed by atoms with Crippen molar-refractivity contribution in [3.63, 3.8) is 0 Å². The van der Waals surface area contributed by atoms with Gasteiger partial charge in [-0.1, -0.05) is 6.07 Å². The molecule has 12 heteroatoms. The summed E-state index contributed by atoms with van der Waals surface area (Å²) in [4.78, 5) is 5.91. The van der Waals surface area contributed by atoms with E-state index in [-0.39, 0.29) is 24.8 Å². The van der Waals surface area contributed by atoms with Crippen LogP contribution >= 0.6 is 0 Å². The van der Waals surface area contributed by atoms with Gasteiger partial charge in [0.2, 0.25) is 5.95 Å². The Hall–Kier alpha value is -3.38. The van der Waals surface area contributed by atoms with Crippen LogP contribution in [0.3, 0.4) is 0 Å². The van der Waals surface area contributed by atoms with Gasteiger partial charge in [-0.3, -0.25) is 0 Å². The van der Waals surface area contributed by atoms with Gasteiger partial charge >= 0.3 is 6.18 Å². The highest BCUT2D eigenvalue weighted by Crippen LogP contribution is 2.39. The number of alkyl halides is 3. The van der Waals surface area contributed by atoms with Gasteiger partial charge in [0.1, 0.15) is 24.4 Å². The highest BCUT2D eigenvalue weighted by atomic mass is 19.4. The van der Waals surface area contributed by atoms with E-state index in [1.165, 1.54) is 6.33 Å². The second-order valence-electron chi connectivity index (χ2n) is 7.09. The number of benzene rings is 2. The fourth-order valence-electron chi connectivity index (χ4n) is 3.33. The van der Waals surface area contributed by atoms with Gasteiger partial charge in [-0.15, -0.1) is 5.10 Å². The highest BCUT2D eigenvalue weighted by Gasteiger charge is 2.31. The van der Waals surface area contributed by atoms with Crippen LogP contribution < -0.4 is 15.0 Å². The van der Waals surface area contributed by atoms with E-state index in [4.69, 9.17) is 9.84 Å². The van der Waals surface area contributed by atoms with Gasteiger partial charge in [-0.25, -0.2) is 9.07 Å². The Bertz CT molecular complexity index is 1110. The first-order chi connectivity index (χ1) is 15.3. The number of β-amino-alcohol motifs (C(OH)–C–C–N with tert-alkyl or cyclic N) is 1. The molecule has 0 amide bonds. The quantitative estimate of drug-likeness (QED) is 0.494. The Morgan fingerprint density at radius 2 is 2.00 bits per heavy atom. The molecule has 2 heterocycles. The summed E-state index contributed by atoms with van der Waals surface area (Å²) in [5.41, 5.74) is -0.0755. The van der Waals surface area contributed by atoms with E-state index < -0.39 is 23.7 Å². The summed E-state index contributed by atoms with van der Waals surface area (Å²) >= 11 is 0. The Morgan fingerprint density at radius 1 is 1.19 bits per heavy atom. The van der Waals surface area contributed by atoms with Gasteiger partial charge in [0.05, 0.1) is 36.2 Å². The van der Waals surface area contributed by atoms with Crippen LogP contribution in [0.2, 0.25) is 0 Å². The minimum absolute atomic E-state index is 0.0776. The van der Waals surface area contributed by atoms with Crippen LogP contribution in [-0.2, 0) is 6.18 Å². The van der Waals surface area contributed by atoms with Gasteiger partial charge in [0.15, 0.2) is 5.75 Å². The molecule has 1 aromatic heterocycles. The SMILES string of the molecule is OCC(O)CN1CCOc2c(Nc3ncn(-c4ccc(C(F)(F)F)cc4F)n3)cccc21. The van der Waals surface area contributed by atoms with E-state index in [1.807, 2.05) is 4.90 Å². The normalized spacial score (nSPS) is 14.6. The van der Waals surface area contributed by atoms with Crippen LogP contribution in [0.25, 0.3) is 5.69 Å². The van der Waals surface area contributed by atoms with Gasteiger partial charge < -0.3 is 25.2 Å². The summed E-state index contributed by atoms with van der Waals surface area (Å²) in [6.07, 6.45) is -4.38. The lowest BCUT2D eigenvalue weighted by Crippen LogP contribution is -2.39. The number of rotatable bonds is 6. The first-order valence-corrected chi connectivity index (χ1v) is 9.61. The molecule has 170 valence electrons. The molecule has 1 aliphatic rings. The minimum Gasteiger partial charge on any atom is -0.487 e. The molecule has 0 fully saturated rings. The molecule has 0 bridgehead atoms. The highest BCUT2D eigenvalue weighted by molar-refractivity contribution is 5.75. The second-order valence-corrected chi connectivity index (χ2v) is 7.09. The Kier molecular flexibility index (Phi) is 5.89. The summed E-state index contributed by atoms with van der Waals surface area (Å²) in [6.45, 7) is 0.721. The van der Waals surface area contributed by atoms with Gasteiger partial charge in [-0.05, 0) is 30.3 Å². The molecule has 4 rings (SSSR count). The molecule has 0 saturated heterocycles. The van der Waals surface area contributed by atoms with E-state index in [0.29, 0.717) is 36.3 Å². The van der Waals surface area contributed by atoms with Crippen LogP contribution in [0.15, 0.2) is 42.7 Å². The zero-order valence-electron chi connectivity index (χ0n) is 16.6. The Labute approximate surface area is 179 Å². The van der Waals surface area contributed by atoms with Crippen LogP contribution in [0, 0.1) is 5.82 Å². The number of para-hydroxylation sites is 1. The van der Waals surface area contributed by atoms with Crippen molar-refractivity contribution < 1.29 is 32.5 Å². The number of ether oxygens (including phenoxy) is 1. The van der Waals surface area contributed by atoms with E-state index in [2.05, 4.69) is 15.4 Å². The third-order valence-electron chi connectivity index (χ3n) is 4.84. The van der Waals surface area contributed by atoms with E-state index >= 15 is 0 Å². The topological polar surface area (TPSA) is 95.7 Å². The van der Waals surface area contributed by atoms with Crippen molar-refractivity contribution in [2.75, 3.05) is 36.5 Å². The average molecular weight is 453 g/mol. The molecule has 3 aromatic rings. The third-order valence-corrected chi connectivity index (χ3v) is 4.84. The summed E-state index contributed by atoms with van der Waals surface area (Å²) in [5, 5.41) is 25.9. The number of hydrogen-bond acceptors (Lipinski definition) is 7. The lowest BCUT2D eigenvalue weighted by Gasteiger charge is -2.33. The van der Waals surface area contributed by atoms with E-state index in [0.717, 1.165) is 16.8 Å². The van der Waals surface area contributed by atoms with Crippen molar-refractivity contribution >= 4 is 17.3 Å². The Balaban J connectivity index is 1.57. The molecule has 32 heavy (non-hydrogen) atoms. The zero-order valence-corrected chi connectivity index (χ0v) is 16.6. The molecule has 2 aromatic carbocycles. The molecule has 1 atom stereocenters. The number of nitrogens with one attached hydrogen (secondary N) is 1. The van der Waals surface area contributed by atoms with E-state index in [9.17, 15) is 22.7 Å². The largest absolute Gasteiger partial charge is 0.487 e. The molecule has 0 saturated carbocycles. The number of anilines is 3. The lowest BCUT2D eigenvalue weighted by molar-refractivity contribution is -0.137. The summed E-state index contributed by atoms with van der Waals surface area (Å²) < 4.78 is 59.3. The van der Waals surface area contributed by atoms with Crippen LogP contribution in [0.1, 0.15) is 5.56 Å². The number of aliphatic hydroxyl groups is 2. The number of nitrogens with zero attached hydrogens (tertiary/aromatic N) is 4. The standard InChI is InChI=1S/C20H19F4N5O3/c21-14-8-12(20(22,23)24)4-5-16(14)29-11-25-19(27-29)26-15-2-1-3-17-18(15)32-7-6-28(17)9-13(31)10-30/h1-5,8,11,13,30-31H,6-7,9-10H2,(H,26,27). The van der Waals surface area contributed by atoms with Gasteiger partial charge in [0, 0.05) is 6.54 Å². The number of aliphatic hydroxyl groups excluding tert-OH is 2. The van der Waals surface area contributed by atoms with Crippen LogP contribution in [0.5, 0.6) is 5.75 Å². The van der Waals surface area contributed by atoms with Crippen molar-refractivity contribution in [3.05, 3.63) is 54.1 Å². The van der Waals surface area contributed by atoms with Gasteiger partial charge in [-0.2, -0.15) is 18.2 Å². The molecular weight excluding hydrogens is 434 g/mol. The predicted octanol–water partition coefficient (Wildman–Crippen LogP) is 2.72. The predicted molar refractivity (Wildman–Crippen MR) is 107 cm³/mol. The summed E-state index contributed by atoms with van der Waals surface area (Å²) in [7, 11) is 0. The molecule has 3 N–H and O–H groups in total. The fourth-order valence-corrected chi connectivity index (χ4v) is 3.33. The van der Waals surface area contributed by atoms with Crippen LogP contribution in [0.4, 0.5) is 34.9 Å². The third kappa shape index (κ3) is 4.46. The maximum atomic E-state index is 14.2. The Morgan fingerprint density at radius 3 is 2.72 bits per heavy atom. The zero-order chi connectivity index (χ0) is 22.9. The molecule has 0 aliphatic carbocycles. The van der Waals surface area contributed by atoms with Crippen molar-refractivity contribution in [2.45, 2.75) is 12.3 Å². The molecule has 0 spiro atoms. The molecule has 1 aliphatic heterocycles. The first-order valence-electron chi connectivity index (χ1n) is 9.61. The second kappa shape index (κ2) is 8.63. The van der Waals surface area contributed by atoms with Gasteiger partial charge in [0.25, 0.3) is 0 Å². The summed E-state index contributed by atoms with van der Waals surface area (Å²) in [5.74, 6) is -0.524. The molecule has 0 radical (unpaired) electrons. The van der Waals surface area contributed by atoms with Crippen molar-refractivity contribution in [3.8, 4) is 11.4 Å². The van der Waals surface area contributed by atoms with E-state index in [1.54, 1.807) is 18.2 Å². The molecule has 8 nitrogen and oxygen atoms in total. The number of fused-ring (bicyclic) bond motifs is 1. The minimum atomic E-state index is -4.65. The average Bonchev–Trinajstić information content (AvgIpc) is 3.21. The lowest BCUT2D eigenvalue weighted by atomic mass is 10.2. The number of halogens is 4. The summed E-state index contributed by atoms with van der Waals surface area (Å²) in [6, 6.07) is 7.41. The van der Waals surface area contributed by atoms with Crippen LogP contribution in [-0.4, -0.2) is 57.4 Å².